The van der Waals surface area contributed by atoms with Crippen molar-refractivity contribution in [2.45, 2.75) is 44.2 Å². The standard InChI is InChI=1S/C11H19BrN4O4S/c1-7(11(17)18)5-4-6-8(2)14-21(19,20)10-9(12)13-15-16(10)3/h7-8,14H,4-6H2,1-3H3,(H,17,18). The van der Waals surface area contributed by atoms with Gasteiger partial charge in [-0.25, -0.2) is 17.8 Å². The molecule has 0 saturated heterocycles. The van der Waals surface area contributed by atoms with Crippen molar-refractivity contribution in [3.05, 3.63) is 4.60 Å². The summed E-state index contributed by atoms with van der Waals surface area (Å²) in [6.45, 7) is 3.37. The number of sulfonamides is 1. The summed E-state index contributed by atoms with van der Waals surface area (Å²) in [5.74, 6) is -1.27. The molecular weight excluding hydrogens is 364 g/mol. The number of hydrogen-bond donors (Lipinski definition) is 2. The van der Waals surface area contributed by atoms with E-state index in [0.29, 0.717) is 19.3 Å². The normalized spacial score (nSPS) is 14.9. The molecule has 0 amide bonds. The number of nitrogens with one attached hydrogen (secondary N) is 1. The number of carboxylic acids is 1. The number of hydrogen-bond acceptors (Lipinski definition) is 5. The molecule has 2 unspecified atom stereocenters. The zero-order valence-electron chi connectivity index (χ0n) is 12.1. The van der Waals surface area contributed by atoms with Gasteiger partial charge in [0.2, 0.25) is 5.03 Å². The lowest BCUT2D eigenvalue weighted by atomic mass is 10.0. The Morgan fingerprint density at radius 2 is 2.05 bits per heavy atom. The molecule has 1 rings (SSSR count). The van der Waals surface area contributed by atoms with Crippen LogP contribution in [-0.4, -0.2) is 40.5 Å². The zero-order valence-corrected chi connectivity index (χ0v) is 14.5. The third kappa shape index (κ3) is 5.04. The molecule has 1 heterocycles. The maximum Gasteiger partial charge on any atom is 0.306 e. The Balaban J connectivity index is 2.58. The van der Waals surface area contributed by atoms with Gasteiger partial charge in [-0.15, -0.1) is 5.10 Å². The third-order valence-corrected chi connectivity index (χ3v) is 5.52. The highest BCUT2D eigenvalue weighted by atomic mass is 79.9. The first-order valence-corrected chi connectivity index (χ1v) is 8.73. The van der Waals surface area contributed by atoms with Gasteiger partial charge in [-0.1, -0.05) is 18.6 Å². The summed E-state index contributed by atoms with van der Waals surface area (Å²) in [4.78, 5) is 10.7. The molecule has 0 radical (unpaired) electrons. The minimum atomic E-state index is -3.72. The van der Waals surface area contributed by atoms with E-state index < -0.39 is 21.9 Å². The molecule has 1 aromatic rings. The zero-order chi connectivity index (χ0) is 16.2. The minimum absolute atomic E-state index is 0.0340. The highest BCUT2D eigenvalue weighted by Crippen LogP contribution is 2.18. The molecule has 2 N–H and O–H groups in total. The Bertz CT molecular complexity index is 582. The Hall–Kier alpha value is -1.00. The van der Waals surface area contributed by atoms with Gasteiger partial charge in [0.25, 0.3) is 10.0 Å². The van der Waals surface area contributed by atoms with E-state index in [2.05, 4.69) is 31.0 Å². The van der Waals surface area contributed by atoms with E-state index in [1.54, 1.807) is 13.8 Å². The summed E-state index contributed by atoms with van der Waals surface area (Å²) in [7, 11) is -2.23. The van der Waals surface area contributed by atoms with E-state index >= 15 is 0 Å². The lowest BCUT2D eigenvalue weighted by Crippen LogP contribution is -2.34. The SMILES string of the molecule is CC(CCCC(C)C(=O)O)NS(=O)(=O)c1c(Br)nnn1C. The first-order chi connectivity index (χ1) is 9.65. The molecule has 0 aliphatic carbocycles. The van der Waals surface area contributed by atoms with Crippen LogP contribution in [0.1, 0.15) is 33.1 Å². The fourth-order valence-electron chi connectivity index (χ4n) is 1.84. The van der Waals surface area contributed by atoms with Crippen molar-refractivity contribution >= 4 is 31.9 Å². The van der Waals surface area contributed by atoms with Crippen LogP contribution in [0.5, 0.6) is 0 Å². The monoisotopic (exact) mass is 382 g/mol. The fourth-order valence-corrected chi connectivity index (χ4v) is 4.21. The summed E-state index contributed by atoms with van der Waals surface area (Å²) in [6, 6.07) is -0.308. The van der Waals surface area contributed by atoms with Crippen LogP contribution in [-0.2, 0) is 21.9 Å². The predicted molar refractivity (Wildman–Crippen MR) is 79.1 cm³/mol. The number of aromatic nitrogens is 3. The van der Waals surface area contributed by atoms with Crippen LogP contribution < -0.4 is 4.72 Å². The number of halogens is 1. The lowest BCUT2D eigenvalue weighted by molar-refractivity contribution is -0.141. The van der Waals surface area contributed by atoms with Gasteiger partial charge in [-0.2, -0.15) is 0 Å². The molecular formula is C11H19BrN4O4S. The second kappa shape index (κ2) is 7.32. The molecule has 0 aliphatic heterocycles. The molecule has 8 nitrogen and oxygen atoms in total. The average Bonchev–Trinajstić information content (AvgIpc) is 2.68. The van der Waals surface area contributed by atoms with E-state index in [1.807, 2.05) is 0 Å². The van der Waals surface area contributed by atoms with Crippen LogP contribution in [0.3, 0.4) is 0 Å². The largest absolute Gasteiger partial charge is 0.481 e. The average molecular weight is 383 g/mol. The molecule has 10 heteroatoms. The Labute approximate surface area is 132 Å². The van der Waals surface area contributed by atoms with Gasteiger partial charge in [0.1, 0.15) is 0 Å². The number of carboxylic acid groups (broad SMARTS) is 1. The van der Waals surface area contributed by atoms with Gasteiger partial charge >= 0.3 is 5.97 Å². The van der Waals surface area contributed by atoms with E-state index in [4.69, 9.17) is 5.11 Å². The van der Waals surface area contributed by atoms with Crippen molar-refractivity contribution in [3.8, 4) is 0 Å². The molecule has 0 fully saturated rings. The third-order valence-electron chi connectivity index (χ3n) is 3.04. The van der Waals surface area contributed by atoms with Gasteiger partial charge in [0.05, 0.1) is 5.92 Å². The summed E-state index contributed by atoms with van der Waals surface area (Å²) >= 11 is 3.05. The van der Waals surface area contributed by atoms with Crippen LogP contribution in [0, 0.1) is 5.92 Å². The van der Waals surface area contributed by atoms with Crippen LogP contribution in [0.15, 0.2) is 9.63 Å². The van der Waals surface area contributed by atoms with Gasteiger partial charge in [-0.05, 0) is 35.7 Å². The molecule has 0 spiro atoms. The van der Waals surface area contributed by atoms with Gasteiger partial charge in [0, 0.05) is 13.1 Å². The summed E-state index contributed by atoms with van der Waals surface area (Å²) < 4.78 is 28.3. The van der Waals surface area contributed by atoms with Crippen LogP contribution >= 0.6 is 15.9 Å². The molecule has 0 saturated carbocycles. The highest BCUT2D eigenvalue weighted by molar-refractivity contribution is 9.10. The van der Waals surface area contributed by atoms with Gasteiger partial charge < -0.3 is 5.11 Å². The minimum Gasteiger partial charge on any atom is -0.481 e. The quantitative estimate of drug-likeness (QED) is 0.696. The van der Waals surface area contributed by atoms with E-state index in [1.165, 1.54) is 11.7 Å². The highest BCUT2D eigenvalue weighted by Gasteiger charge is 2.25. The van der Waals surface area contributed by atoms with E-state index in [9.17, 15) is 13.2 Å². The van der Waals surface area contributed by atoms with Crippen molar-refractivity contribution in [2.24, 2.45) is 13.0 Å². The van der Waals surface area contributed by atoms with Crippen molar-refractivity contribution in [3.63, 3.8) is 0 Å². The van der Waals surface area contributed by atoms with Crippen molar-refractivity contribution < 1.29 is 18.3 Å². The van der Waals surface area contributed by atoms with Crippen molar-refractivity contribution in [2.75, 3.05) is 0 Å². The lowest BCUT2D eigenvalue weighted by Gasteiger charge is -2.14. The molecule has 120 valence electrons. The van der Waals surface area contributed by atoms with Gasteiger partial charge in [0.15, 0.2) is 4.60 Å². The summed E-state index contributed by atoms with van der Waals surface area (Å²) in [6.07, 6.45) is 1.69. The molecule has 0 bridgehead atoms. The predicted octanol–water partition coefficient (Wildman–Crippen LogP) is 1.14. The van der Waals surface area contributed by atoms with E-state index in [0.717, 1.165) is 0 Å². The fraction of sp³-hybridized carbons (Fsp3) is 0.727. The van der Waals surface area contributed by atoms with Gasteiger partial charge in [-0.3, -0.25) is 4.79 Å². The molecule has 0 aromatic carbocycles. The Morgan fingerprint density at radius 3 is 2.52 bits per heavy atom. The Morgan fingerprint density at radius 1 is 1.43 bits per heavy atom. The first-order valence-electron chi connectivity index (χ1n) is 6.45. The number of nitrogens with zero attached hydrogens (tertiary/aromatic N) is 3. The molecule has 0 aliphatic rings. The summed E-state index contributed by atoms with van der Waals surface area (Å²) in [5.41, 5.74) is 0. The molecule has 2 atom stereocenters. The Kier molecular flexibility index (Phi) is 6.29. The van der Waals surface area contributed by atoms with Crippen LogP contribution in [0.2, 0.25) is 0 Å². The topological polar surface area (TPSA) is 114 Å². The van der Waals surface area contributed by atoms with Crippen LogP contribution in [0.4, 0.5) is 0 Å². The number of aryl methyl sites for hydroxylation is 1. The van der Waals surface area contributed by atoms with Crippen molar-refractivity contribution in [1.29, 1.82) is 0 Å². The smallest absolute Gasteiger partial charge is 0.306 e. The number of aliphatic carboxylic acids is 1. The second-order valence-corrected chi connectivity index (χ2v) is 7.38. The number of rotatable bonds is 8. The van der Waals surface area contributed by atoms with Crippen LogP contribution in [0.25, 0.3) is 0 Å². The van der Waals surface area contributed by atoms with E-state index in [-0.39, 0.29) is 15.7 Å². The molecule has 21 heavy (non-hydrogen) atoms. The second-order valence-electron chi connectivity index (χ2n) is 5.00. The maximum atomic E-state index is 12.2. The molecule has 1 aromatic heterocycles. The maximum absolute atomic E-state index is 12.2. The van der Waals surface area contributed by atoms with Crippen molar-refractivity contribution in [1.82, 2.24) is 19.7 Å². The number of carbonyl (C=O) groups is 1. The first kappa shape index (κ1) is 18.1. The summed E-state index contributed by atoms with van der Waals surface area (Å²) in [5, 5.41) is 16.0.